The molecule has 1 aliphatic rings. The second-order valence-corrected chi connectivity index (χ2v) is 8.59. The van der Waals surface area contributed by atoms with E-state index in [0.29, 0.717) is 18.7 Å². The zero-order valence-electron chi connectivity index (χ0n) is 16.3. The molecular weight excluding hydrogens is 398 g/mol. The second kappa shape index (κ2) is 7.91. The zero-order chi connectivity index (χ0) is 20.5. The number of thiazole rings is 1. The van der Waals surface area contributed by atoms with Gasteiger partial charge in [-0.15, -0.1) is 11.3 Å². The fraction of sp³-hybridized carbons (Fsp3) is 0.261. The van der Waals surface area contributed by atoms with Crippen molar-refractivity contribution in [3.63, 3.8) is 0 Å². The average Bonchev–Trinajstić information content (AvgIpc) is 3.42. The summed E-state index contributed by atoms with van der Waals surface area (Å²) >= 11 is 1.70. The Kier molecular flexibility index (Phi) is 4.96. The number of H-pyrrole nitrogens is 1. The van der Waals surface area contributed by atoms with Gasteiger partial charge in [0.15, 0.2) is 6.61 Å². The minimum Gasteiger partial charge on any atom is -0.452 e. The van der Waals surface area contributed by atoms with Gasteiger partial charge in [-0.3, -0.25) is 4.79 Å². The number of carbonyl (C=O) groups is 2. The molecule has 7 heteroatoms. The highest BCUT2D eigenvalue weighted by molar-refractivity contribution is 7.18. The van der Waals surface area contributed by atoms with E-state index in [4.69, 9.17) is 9.72 Å². The predicted octanol–water partition coefficient (Wildman–Crippen LogP) is 4.34. The van der Waals surface area contributed by atoms with E-state index in [1.165, 1.54) is 4.70 Å². The molecule has 1 amide bonds. The summed E-state index contributed by atoms with van der Waals surface area (Å²) < 4.78 is 6.51. The van der Waals surface area contributed by atoms with E-state index in [1.807, 2.05) is 42.5 Å². The molecule has 0 aliphatic carbocycles. The Hall–Kier alpha value is -3.19. The van der Waals surface area contributed by atoms with Crippen molar-refractivity contribution in [2.45, 2.75) is 18.8 Å². The van der Waals surface area contributed by atoms with Crippen LogP contribution in [0.4, 0.5) is 0 Å². The fourth-order valence-corrected chi connectivity index (χ4v) is 5.10. The lowest BCUT2D eigenvalue weighted by Crippen LogP contribution is -2.41. The molecule has 1 aliphatic heterocycles. The number of ether oxygens (including phenoxy) is 1. The summed E-state index contributed by atoms with van der Waals surface area (Å²) in [7, 11) is 0. The maximum absolute atomic E-state index is 12.7. The van der Waals surface area contributed by atoms with Crippen molar-refractivity contribution in [1.29, 1.82) is 0 Å². The Bertz CT molecular complexity index is 1200. The van der Waals surface area contributed by atoms with E-state index in [2.05, 4.69) is 11.1 Å². The molecule has 1 fully saturated rings. The van der Waals surface area contributed by atoms with E-state index < -0.39 is 5.97 Å². The molecule has 0 radical (unpaired) electrons. The summed E-state index contributed by atoms with van der Waals surface area (Å²) in [4.78, 5) is 34.8. The number of carbonyl (C=O) groups excluding carboxylic acids is 2. The lowest BCUT2D eigenvalue weighted by molar-refractivity contribution is -0.135. The van der Waals surface area contributed by atoms with E-state index in [9.17, 15) is 9.59 Å². The van der Waals surface area contributed by atoms with Crippen molar-refractivity contribution in [1.82, 2.24) is 14.9 Å². The van der Waals surface area contributed by atoms with Crippen LogP contribution in [0.3, 0.4) is 0 Å². The molecule has 152 valence electrons. The summed E-state index contributed by atoms with van der Waals surface area (Å²) in [5.41, 5.74) is 2.32. The summed E-state index contributed by atoms with van der Waals surface area (Å²) in [6.45, 7) is 1.05. The lowest BCUT2D eigenvalue weighted by atomic mass is 9.99. The number of amides is 1. The lowest BCUT2D eigenvalue weighted by Gasteiger charge is -2.31. The van der Waals surface area contributed by atoms with Gasteiger partial charge in [-0.1, -0.05) is 30.3 Å². The molecule has 0 unspecified atom stereocenters. The van der Waals surface area contributed by atoms with Crippen molar-refractivity contribution in [3.8, 4) is 0 Å². The Labute approximate surface area is 177 Å². The highest BCUT2D eigenvalue weighted by Crippen LogP contribution is 2.33. The van der Waals surface area contributed by atoms with Gasteiger partial charge in [0, 0.05) is 36.1 Å². The number of aromatic amines is 1. The highest BCUT2D eigenvalue weighted by Gasteiger charge is 2.27. The molecule has 0 saturated carbocycles. The molecule has 30 heavy (non-hydrogen) atoms. The maximum atomic E-state index is 12.7. The van der Waals surface area contributed by atoms with Gasteiger partial charge in [-0.25, -0.2) is 9.78 Å². The van der Waals surface area contributed by atoms with Crippen LogP contribution in [0.5, 0.6) is 0 Å². The third-order valence-electron chi connectivity index (χ3n) is 5.57. The van der Waals surface area contributed by atoms with Gasteiger partial charge in [-0.2, -0.15) is 0 Å². The second-order valence-electron chi connectivity index (χ2n) is 7.52. The molecule has 6 nitrogen and oxygen atoms in total. The Morgan fingerprint density at radius 2 is 2.00 bits per heavy atom. The number of nitrogens with zero attached hydrogens (tertiary/aromatic N) is 2. The molecule has 0 spiro atoms. The fourth-order valence-electron chi connectivity index (χ4n) is 4.01. The summed E-state index contributed by atoms with van der Waals surface area (Å²) in [6, 6.07) is 15.6. The SMILES string of the molecule is O=C(OCC(=O)N1CCC[C@H](c2nc3ccccc3s2)C1)c1c[nH]c2ccccc12. The smallest absolute Gasteiger partial charge is 0.340 e. The third kappa shape index (κ3) is 3.57. The first-order valence-corrected chi connectivity index (χ1v) is 10.9. The van der Waals surface area contributed by atoms with Crippen LogP contribution in [0.1, 0.15) is 34.1 Å². The Balaban J connectivity index is 1.23. The number of aromatic nitrogens is 2. The number of likely N-dealkylation sites (tertiary alicyclic amines) is 1. The number of piperidine rings is 1. The molecule has 4 aromatic rings. The van der Waals surface area contributed by atoms with Crippen molar-refractivity contribution in [2.24, 2.45) is 0 Å². The number of fused-ring (bicyclic) bond motifs is 2. The van der Waals surface area contributed by atoms with Gasteiger partial charge >= 0.3 is 5.97 Å². The number of esters is 1. The maximum Gasteiger partial charge on any atom is 0.340 e. The summed E-state index contributed by atoms with van der Waals surface area (Å²) in [5, 5.41) is 1.87. The van der Waals surface area contributed by atoms with Crippen LogP contribution in [0.25, 0.3) is 21.1 Å². The van der Waals surface area contributed by atoms with Crippen molar-refractivity contribution >= 4 is 44.3 Å². The number of benzene rings is 2. The highest BCUT2D eigenvalue weighted by atomic mass is 32.1. The van der Waals surface area contributed by atoms with Crippen molar-refractivity contribution < 1.29 is 14.3 Å². The monoisotopic (exact) mass is 419 g/mol. The molecule has 1 N–H and O–H groups in total. The first-order valence-electron chi connectivity index (χ1n) is 10.1. The molecule has 1 saturated heterocycles. The van der Waals surface area contributed by atoms with Crippen LogP contribution in [0.15, 0.2) is 54.7 Å². The van der Waals surface area contributed by atoms with Gasteiger partial charge < -0.3 is 14.6 Å². The minimum absolute atomic E-state index is 0.158. The van der Waals surface area contributed by atoms with Gasteiger partial charge in [0.25, 0.3) is 5.91 Å². The van der Waals surface area contributed by atoms with Crippen LogP contribution >= 0.6 is 11.3 Å². The first-order chi connectivity index (χ1) is 14.7. The zero-order valence-corrected chi connectivity index (χ0v) is 17.2. The van der Waals surface area contributed by atoms with Gasteiger partial charge in [0.2, 0.25) is 0 Å². The quantitative estimate of drug-likeness (QED) is 0.499. The van der Waals surface area contributed by atoms with E-state index in [0.717, 1.165) is 34.3 Å². The number of hydrogen-bond acceptors (Lipinski definition) is 5. The molecule has 3 heterocycles. The molecule has 1 atom stereocenters. The number of rotatable bonds is 4. The minimum atomic E-state index is -0.486. The molecule has 0 bridgehead atoms. The van der Waals surface area contributed by atoms with Crippen LogP contribution < -0.4 is 0 Å². The summed E-state index contributed by atoms with van der Waals surface area (Å²) in [6.07, 6.45) is 3.56. The molecule has 2 aromatic heterocycles. The Morgan fingerprint density at radius 3 is 2.90 bits per heavy atom. The third-order valence-corrected chi connectivity index (χ3v) is 6.77. The van der Waals surface area contributed by atoms with E-state index >= 15 is 0 Å². The van der Waals surface area contributed by atoms with E-state index in [1.54, 1.807) is 22.4 Å². The molecule has 5 rings (SSSR count). The number of hydrogen-bond donors (Lipinski definition) is 1. The summed E-state index contributed by atoms with van der Waals surface area (Å²) in [5.74, 6) is -0.418. The van der Waals surface area contributed by atoms with Crippen LogP contribution in [-0.4, -0.2) is 46.4 Å². The standard InChI is InChI=1S/C23H21N3O3S/c27-21(14-29-23(28)17-12-24-18-8-2-1-7-16(17)18)26-11-5-6-15(13-26)22-25-19-9-3-4-10-20(19)30-22/h1-4,7-10,12,15,24H,5-6,11,13-14H2/t15-/m0/s1. The molecule has 2 aromatic carbocycles. The van der Waals surface area contributed by atoms with Crippen LogP contribution in [0, 0.1) is 0 Å². The van der Waals surface area contributed by atoms with Crippen LogP contribution in [0.2, 0.25) is 0 Å². The van der Waals surface area contributed by atoms with Gasteiger partial charge in [0.05, 0.1) is 20.8 Å². The molecular formula is C23H21N3O3S. The van der Waals surface area contributed by atoms with Crippen LogP contribution in [-0.2, 0) is 9.53 Å². The van der Waals surface area contributed by atoms with Crippen molar-refractivity contribution in [3.05, 3.63) is 65.3 Å². The van der Waals surface area contributed by atoms with Crippen molar-refractivity contribution in [2.75, 3.05) is 19.7 Å². The Morgan fingerprint density at radius 1 is 1.17 bits per heavy atom. The predicted molar refractivity (Wildman–Crippen MR) is 117 cm³/mol. The topological polar surface area (TPSA) is 75.3 Å². The average molecular weight is 420 g/mol. The van der Waals surface area contributed by atoms with Gasteiger partial charge in [0.1, 0.15) is 0 Å². The first kappa shape index (κ1) is 18.8. The van der Waals surface area contributed by atoms with Gasteiger partial charge in [-0.05, 0) is 31.0 Å². The number of para-hydroxylation sites is 2. The number of nitrogens with one attached hydrogen (secondary N) is 1. The van der Waals surface area contributed by atoms with E-state index in [-0.39, 0.29) is 18.4 Å². The largest absolute Gasteiger partial charge is 0.452 e. The normalized spacial score (nSPS) is 16.8.